The summed E-state index contributed by atoms with van der Waals surface area (Å²) in [6, 6.07) is 9.15. The number of anilines is 1. The number of piperidine rings is 1. The van der Waals surface area contributed by atoms with Crippen LogP contribution >= 0.6 is 0 Å². The molecule has 1 saturated carbocycles. The molecule has 0 spiro atoms. The number of hydrogen-bond acceptors (Lipinski definition) is 5. The third-order valence-electron chi connectivity index (χ3n) is 6.31. The van der Waals surface area contributed by atoms with Gasteiger partial charge in [-0.2, -0.15) is 4.31 Å². The van der Waals surface area contributed by atoms with Crippen molar-refractivity contribution in [2.75, 3.05) is 18.4 Å². The maximum Gasteiger partial charge on any atom is 0.255 e. The van der Waals surface area contributed by atoms with Crippen LogP contribution in [-0.2, 0) is 19.9 Å². The number of nitrogens with one attached hydrogen (secondary N) is 1. The van der Waals surface area contributed by atoms with Crippen LogP contribution in [0.3, 0.4) is 0 Å². The molecule has 0 radical (unpaired) electrons. The van der Waals surface area contributed by atoms with Crippen LogP contribution in [0.15, 0.2) is 52.3 Å². The van der Waals surface area contributed by atoms with Gasteiger partial charge < -0.3 is 5.32 Å². The van der Waals surface area contributed by atoms with Crippen LogP contribution in [0.2, 0.25) is 0 Å². The Balaban J connectivity index is 1.51. The summed E-state index contributed by atoms with van der Waals surface area (Å²) in [6.07, 6.45) is 5.50. The number of carbonyl (C=O) groups is 1. The van der Waals surface area contributed by atoms with Gasteiger partial charge in [-0.3, -0.25) is 4.79 Å². The van der Waals surface area contributed by atoms with E-state index < -0.39 is 36.5 Å². The van der Waals surface area contributed by atoms with Crippen LogP contribution in [0.1, 0.15) is 55.3 Å². The van der Waals surface area contributed by atoms with Gasteiger partial charge in [-0.15, -0.1) is 0 Å². The lowest BCUT2D eigenvalue weighted by Gasteiger charge is -2.26. The smallest absolute Gasteiger partial charge is 0.255 e. The number of benzene rings is 2. The third kappa shape index (κ3) is 4.97. The molecule has 1 heterocycles. The first-order valence-corrected chi connectivity index (χ1v) is 14.1. The molecule has 33 heavy (non-hydrogen) atoms. The molecule has 2 fully saturated rings. The van der Waals surface area contributed by atoms with E-state index in [1.165, 1.54) is 34.6 Å². The quantitative estimate of drug-likeness (QED) is 0.655. The topological polar surface area (TPSA) is 101 Å². The number of sulfonamides is 1. The molecule has 1 N–H and O–H groups in total. The lowest BCUT2D eigenvalue weighted by Crippen LogP contribution is -2.36. The summed E-state index contributed by atoms with van der Waals surface area (Å²) in [7, 11) is -7.44. The van der Waals surface area contributed by atoms with Gasteiger partial charge in [0.05, 0.1) is 10.1 Å². The molecule has 2 aliphatic rings. The fourth-order valence-corrected chi connectivity index (χ4v) is 7.87. The SMILES string of the molecule is O=C(Nc1ccc(S(=O)(=O)C2CCCC2)cc1)c1ccc(F)c(S(=O)(=O)N2CCCCC2)c1. The van der Waals surface area contributed by atoms with Crippen molar-refractivity contribution in [1.82, 2.24) is 4.31 Å². The maximum atomic E-state index is 14.4. The second-order valence-electron chi connectivity index (χ2n) is 8.54. The van der Waals surface area contributed by atoms with Crippen molar-refractivity contribution in [2.45, 2.75) is 60.0 Å². The van der Waals surface area contributed by atoms with E-state index in [0.29, 0.717) is 44.5 Å². The molecule has 1 aliphatic heterocycles. The molecular weight excluding hydrogens is 467 g/mol. The minimum Gasteiger partial charge on any atom is -0.322 e. The van der Waals surface area contributed by atoms with E-state index in [9.17, 15) is 26.0 Å². The van der Waals surface area contributed by atoms with E-state index in [-0.39, 0.29) is 15.7 Å². The fourth-order valence-electron chi connectivity index (χ4n) is 4.41. The largest absolute Gasteiger partial charge is 0.322 e. The zero-order valence-electron chi connectivity index (χ0n) is 18.2. The number of carbonyl (C=O) groups excluding carboxylic acids is 1. The molecule has 10 heteroatoms. The number of hydrogen-bond donors (Lipinski definition) is 1. The molecule has 7 nitrogen and oxygen atoms in total. The number of amides is 1. The molecular formula is C23H27FN2O5S2. The highest BCUT2D eigenvalue weighted by atomic mass is 32.2. The first kappa shape index (κ1) is 23.8. The van der Waals surface area contributed by atoms with Gasteiger partial charge in [0.15, 0.2) is 9.84 Å². The normalized spacial score (nSPS) is 18.3. The lowest BCUT2D eigenvalue weighted by molar-refractivity contribution is 0.102. The van der Waals surface area contributed by atoms with Crippen LogP contribution in [-0.4, -0.2) is 45.4 Å². The molecule has 1 aliphatic carbocycles. The van der Waals surface area contributed by atoms with Crippen LogP contribution in [0.25, 0.3) is 0 Å². The molecule has 0 aromatic heterocycles. The average Bonchev–Trinajstić information content (AvgIpc) is 3.36. The van der Waals surface area contributed by atoms with Gasteiger partial charge in [0, 0.05) is 24.3 Å². The van der Waals surface area contributed by atoms with E-state index in [1.54, 1.807) is 0 Å². The molecule has 4 rings (SSSR count). The van der Waals surface area contributed by atoms with Gasteiger partial charge in [-0.05, 0) is 68.1 Å². The van der Waals surface area contributed by atoms with Crippen molar-refractivity contribution in [1.29, 1.82) is 0 Å². The zero-order chi connectivity index (χ0) is 23.6. The highest BCUT2D eigenvalue weighted by Gasteiger charge is 2.31. The Kier molecular flexibility index (Phi) is 6.88. The Morgan fingerprint density at radius 2 is 1.52 bits per heavy atom. The van der Waals surface area contributed by atoms with E-state index in [4.69, 9.17) is 0 Å². The number of rotatable bonds is 6. The van der Waals surface area contributed by atoms with Crippen LogP contribution in [0.4, 0.5) is 10.1 Å². The Morgan fingerprint density at radius 1 is 0.879 bits per heavy atom. The number of sulfone groups is 1. The second-order valence-corrected chi connectivity index (χ2v) is 12.7. The number of halogens is 1. The van der Waals surface area contributed by atoms with Gasteiger partial charge in [0.25, 0.3) is 5.91 Å². The van der Waals surface area contributed by atoms with Gasteiger partial charge in [0.1, 0.15) is 10.7 Å². The van der Waals surface area contributed by atoms with Crippen molar-refractivity contribution in [3.8, 4) is 0 Å². The molecule has 1 saturated heterocycles. The van der Waals surface area contributed by atoms with E-state index in [2.05, 4.69) is 5.32 Å². The molecule has 0 atom stereocenters. The van der Waals surface area contributed by atoms with Crippen LogP contribution in [0.5, 0.6) is 0 Å². The van der Waals surface area contributed by atoms with Crippen LogP contribution in [0, 0.1) is 5.82 Å². The first-order valence-electron chi connectivity index (χ1n) is 11.1. The highest BCUT2D eigenvalue weighted by Crippen LogP contribution is 2.30. The second kappa shape index (κ2) is 9.52. The number of nitrogens with zero attached hydrogens (tertiary/aromatic N) is 1. The summed E-state index contributed by atoms with van der Waals surface area (Å²) < 4.78 is 66.8. The Morgan fingerprint density at radius 3 is 2.15 bits per heavy atom. The molecule has 0 unspecified atom stereocenters. The predicted molar refractivity (Wildman–Crippen MR) is 123 cm³/mol. The molecule has 2 aromatic rings. The fraction of sp³-hybridized carbons (Fsp3) is 0.435. The minimum atomic E-state index is -4.04. The zero-order valence-corrected chi connectivity index (χ0v) is 19.8. The molecule has 0 bridgehead atoms. The van der Waals surface area contributed by atoms with Gasteiger partial charge >= 0.3 is 0 Å². The Bertz CT molecular complexity index is 1230. The standard InChI is InChI=1S/C23H27FN2O5S2/c24-21-13-8-17(16-22(21)33(30,31)26-14-4-1-5-15-26)23(27)25-18-9-11-20(12-10-18)32(28,29)19-6-2-3-7-19/h8-13,16,19H,1-7,14-15H2,(H,25,27). The van der Waals surface area contributed by atoms with Crippen LogP contribution < -0.4 is 5.32 Å². The van der Waals surface area contributed by atoms with Crippen molar-refractivity contribution in [2.24, 2.45) is 0 Å². The summed E-state index contributed by atoms with van der Waals surface area (Å²) >= 11 is 0. The van der Waals surface area contributed by atoms with Crippen molar-refractivity contribution in [3.05, 3.63) is 53.8 Å². The average molecular weight is 495 g/mol. The summed E-state index contributed by atoms with van der Waals surface area (Å²) in [6.45, 7) is 0.655. The van der Waals surface area contributed by atoms with Gasteiger partial charge in [0.2, 0.25) is 10.0 Å². The Labute approximate surface area is 194 Å². The summed E-state index contributed by atoms with van der Waals surface area (Å²) in [4.78, 5) is 12.4. The minimum absolute atomic E-state index is 0.00496. The Hall–Kier alpha value is -2.30. The van der Waals surface area contributed by atoms with Crippen molar-refractivity contribution in [3.63, 3.8) is 0 Å². The summed E-state index contributed by atoms with van der Waals surface area (Å²) in [5.41, 5.74) is 0.352. The lowest BCUT2D eigenvalue weighted by atomic mass is 10.2. The molecule has 1 amide bonds. The van der Waals surface area contributed by atoms with Crippen molar-refractivity contribution >= 4 is 31.5 Å². The third-order valence-corrected chi connectivity index (χ3v) is 10.5. The summed E-state index contributed by atoms with van der Waals surface area (Å²) in [5.74, 6) is -1.52. The summed E-state index contributed by atoms with van der Waals surface area (Å²) in [5, 5.41) is 2.26. The first-order chi connectivity index (χ1) is 15.7. The molecule has 2 aromatic carbocycles. The highest BCUT2D eigenvalue weighted by molar-refractivity contribution is 7.92. The van der Waals surface area contributed by atoms with Gasteiger partial charge in [-0.1, -0.05) is 19.3 Å². The maximum absolute atomic E-state index is 14.4. The van der Waals surface area contributed by atoms with E-state index >= 15 is 0 Å². The van der Waals surface area contributed by atoms with Crippen molar-refractivity contribution < 1.29 is 26.0 Å². The molecule has 178 valence electrons. The van der Waals surface area contributed by atoms with E-state index in [1.807, 2.05) is 0 Å². The monoisotopic (exact) mass is 494 g/mol. The predicted octanol–water partition coefficient (Wildman–Crippen LogP) is 3.97. The van der Waals surface area contributed by atoms with Gasteiger partial charge in [-0.25, -0.2) is 21.2 Å². The van der Waals surface area contributed by atoms with E-state index in [0.717, 1.165) is 31.4 Å².